The number of hydrogen-bond donors (Lipinski definition) is 3. The molecule has 3 heterocycles. The van der Waals surface area contributed by atoms with Gasteiger partial charge in [0.15, 0.2) is 5.65 Å². The van der Waals surface area contributed by atoms with Gasteiger partial charge in [-0.15, -0.1) is 13.2 Å². The van der Waals surface area contributed by atoms with E-state index in [1.165, 1.54) is 10.5 Å². The molecule has 0 fully saturated rings. The van der Waals surface area contributed by atoms with Crippen LogP contribution in [0.2, 0.25) is 0 Å². The van der Waals surface area contributed by atoms with Gasteiger partial charge in [-0.2, -0.15) is 15.1 Å². The van der Waals surface area contributed by atoms with E-state index in [1.807, 2.05) is 6.07 Å². The molecule has 5 rings (SSSR count). The van der Waals surface area contributed by atoms with Crippen molar-refractivity contribution in [3.63, 3.8) is 0 Å². The first-order valence-electron chi connectivity index (χ1n) is 10.3. The van der Waals surface area contributed by atoms with Crippen molar-refractivity contribution in [1.82, 2.24) is 20.2 Å². The van der Waals surface area contributed by atoms with Crippen LogP contribution < -0.4 is 20.1 Å². The molecule has 2 aromatic heterocycles. The number of hydrogen-bond acceptors (Lipinski definition) is 8. The SMILES string of the molecule is Nc1nc(NC2Cc3ccccc3N(S(=O)(=O)c3ccc(OC(F)(F)F)cc3)C2)c2cn[nH]c2n1. The number of benzene rings is 2. The Morgan fingerprint density at radius 3 is 2.60 bits per heavy atom. The summed E-state index contributed by atoms with van der Waals surface area (Å²) in [5.74, 6) is -0.0942. The van der Waals surface area contributed by atoms with Crippen molar-refractivity contribution < 1.29 is 26.3 Å². The second kappa shape index (κ2) is 8.30. The maximum atomic E-state index is 13.5. The average molecular weight is 505 g/mol. The van der Waals surface area contributed by atoms with Gasteiger partial charge in [0.05, 0.1) is 34.8 Å². The van der Waals surface area contributed by atoms with Crippen LogP contribution in [0.15, 0.2) is 59.6 Å². The molecule has 0 saturated heterocycles. The summed E-state index contributed by atoms with van der Waals surface area (Å²) in [6, 6.07) is 10.7. The van der Waals surface area contributed by atoms with Crippen LogP contribution in [0.3, 0.4) is 0 Å². The largest absolute Gasteiger partial charge is 0.573 e. The van der Waals surface area contributed by atoms with Crippen molar-refractivity contribution in [1.29, 1.82) is 0 Å². The van der Waals surface area contributed by atoms with E-state index in [4.69, 9.17) is 5.73 Å². The van der Waals surface area contributed by atoms with Gasteiger partial charge in [0, 0.05) is 0 Å². The van der Waals surface area contributed by atoms with Gasteiger partial charge in [0.2, 0.25) is 5.95 Å². The maximum Gasteiger partial charge on any atom is 0.573 e. The van der Waals surface area contributed by atoms with Crippen molar-refractivity contribution in [3.05, 3.63) is 60.3 Å². The number of nitrogen functional groups attached to an aromatic ring is 1. The van der Waals surface area contributed by atoms with Gasteiger partial charge >= 0.3 is 6.36 Å². The highest BCUT2D eigenvalue weighted by molar-refractivity contribution is 7.92. The number of nitrogens with two attached hydrogens (primary N) is 1. The van der Waals surface area contributed by atoms with E-state index in [2.05, 4.69) is 30.2 Å². The average Bonchev–Trinajstić information content (AvgIpc) is 3.26. The number of ether oxygens (including phenoxy) is 1. The topological polar surface area (TPSA) is 139 Å². The van der Waals surface area contributed by atoms with Gasteiger partial charge in [-0.3, -0.25) is 9.40 Å². The predicted molar refractivity (Wildman–Crippen MR) is 121 cm³/mol. The highest BCUT2D eigenvalue weighted by atomic mass is 32.2. The number of alkyl halides is 3. The van der Waals surface area contributed by atoms with Crippen molar-refractivity contribution in [2.24, 2.45) is 0 Å². The van der Waals surface area contributed by atoms with Crippen molar-refractivity contribution >= 4 is 38.5 Å². The van der Waals surface area contributed by atoms with Gasteiger partial charge < -0.3 is 15.8 Å². The molecule has 4 aromatic rings. The summed E-state index contributed by atoms with van der Waals surface area (Å²) < 4.78 is 69.6. The number of aromatic amines is 1. The summed E-state index contributed by atoms with van der Waals surface area (Å²) in [5.41, 5.74) is 7.47. The molecule has 4 N–H and O–H groups in total. The van der Waals surface area contributed by atoms with Crippen molar-refractivity contribution in [3.8, 4) is 5.75 Å². The van der Waals surface area contributed by atoms with Gasteiger partial charge in [-0.25, -0.2) is 8.42 Å². The van der Waals surface area contributed by atoms with Crippen LogP contribution in [0.5, 0.6) is 5.75 Å². The lowest BCUT2D eigenvalue weighted by atomic mass is 9.99. The third kappa shape index (κ3) is 4.51. The minimum absolute atomic E-state index is 0.0195. The molecular formula is C21H18F3N7O3S. The number of halogens is 3. The first kappa shape index (κ1) is 22.7. The zero-order chi connectivity index (χ0) is 24.8. The summed E-state index contributed by atoms with van der Waals surface area (Å²) in [6.45, 7) is 0.0312. The Labute approximate surface area is 197 Å². The molecule has 0 amide bonds. The molecule has 0 saturated carbocycles. The Hall–Kier alpha value is -4.07. The lowest BCUT2D eigenvalue weighted by Gasteiger charge is -2.35. The monoisotopic (exact) mass is 505 g/mol. The molecule has 1 aliphatic heterocycles. The molecule has 10 nitrogen and oxygen atoms in total. The fraction of sp³-hybridized carbons (Fsp3) is 0.190. The highest BCUT2D eigenvalue weighted by Crippen LogP contribution is 2.34. The van der Waals surface area contributed by atoms with Crippen LogP contribution >= 0.6 is 0 Å². The van der Waals surface area contributed by atoms with Gasteiger partial charge in [-0.05, 0) is 42.3 Å². The maximum absolute atomic E-state index is 13.5. The van der Waals surface area contributed by atoms with Crippen LogP contribution in [0.25, 0.3) is 11.0 Å². The molecule has 0 radical (unpaired) electrons. The molecule has 182 valence electrons. The Morgan fingerprint density at radius 1 is 1.11 bits per heavy atom. The van der Waals surface area contributed by atoms with Crippen molar-refractivity contribution in [2.75, 3.05) is 21.9 Å². The van der Waals surface area contributed by atoms with Crippen LogP contribution in [0.1, 0.15) is 5.56 Å². The lowest BCUT2D eigenvalue weighted by molar-refractivity contribution is -0.274. The summed E-state index contributed by atoms with van der Waals surface area (Å²) in [6.07, 6.45) is -2.85. The molecule has 1 aliphatic rings. The number of rotatable bonds is 5. The third-order valence-corrected chi connectivity index (χ3v) is 7.22. The minimum Gasteiger partial charge on any atom is -0.406 e. The standard InChI is InChI=1S/C21H18F3N7O3S/c22-21(23,24)34-14-5-7-15(8-6-14)35(32,33)31-11-13(9-12-3-1-2-4-17(12)31)27-18-16-10-26-30-19(16)29-20(25)28-18/h1-8,10,13H,9,11H2,(H4,25,26,27,28,29,30). The molecule has 0 spiro atoms. The van der Waals surface area contributed by atoms with Crippen LogP contribution in [-0.2, 0) is 16.4 Å². The van der Waals surface area contributed by atoms with Gasteiger partial charge in [-0.1, -0.05) is 18.2 Å². The summed E-state index contributed by atoms with van der Waals surface area (Å²) in [7, 11) is -4.12. The number of anilines is 3. The Morgan fingerprint density at radius 2 is 1.86 bits per heavy atom. The second-order valence-corrected chi connectivity index (χ2v) is 9.65. The van der Waals surface area contributed by atoms with Crippen LogP contribution in [-0.4, -0.2) is 47.5 Å². The summed E-state index contributed by atoms with van der Waals surface area (Å²) >= 11 is 0. The highest BCUT2D eigenvalue weighted by Gasteiger charge is 2.35. The predicted octanol–water partition coefficient (Wildman–Crippen LogP) is 3.07. The quantitative estimate of drug-likeness (QED) is 0.376. The number of fused-ring (bicyclic) bond motifs is 2. The van der Waals surface area contributed by atoms with E-state index in [0.29, 0.717) is 29.0 Å². The normalized spacial score (nSPS) is 16.2. The molecule has 0 aliphatic carbocycles. The van der Waals surface area contributed by atoms with E-state index < -0.39 is 28.2 Å². The molecule has 1 unspecified atom stereocenters. The number of para-hydroxylation sites is 1. The van der Waals surface area contributed by atoms with E-state index in [0.717, 1.165) is 29.8 Å². The molecule has 35 heavy (non-hydrogen) atoms. The fourth-order valence-electron chi connectivity index (χ4n) is 3.98. The van der Waals surface area contributed by atoms with E-state index >= 15 is 0 Å². The summed E-state index contributed by atoms with van der Waals surface area (Å²) in [5, 5.41) is 10.5. The zero-order valence-electron chi connectivity index (χ0n) is 17.8. The van der Waals surface area contributed by atoms with Gasteiger partial charge in [0.25, 0.3) is 10.0 Å². The van der Waals surface area contributed by atoms with Crippen LogP contribution in [0.4, 0.5) is 30.6 Å². The number of sulfonamides is 1. The molecule has 1 atom stereocenters. The van der Waals surface area contributed by atoms with Crippen LogP contribution in [0, 0.1) is 0 Å². The first-order chi connectivity index (χ1) is 16.6. The first-order valence-corrected chi connectivity index (χ1v) is 11.7. The Balaban J connectivity index is 1.47. The Bertz CT molecular complexity index is 1490. The Kier molecular flexibility index (Phi) is 5.39. The zero-order valence-corrected chi connectivity index (χ0v) is 18.6. The van der Waals surface area contributed by atoms with E-state index in [9.17, 15) is 21.6 Å². The molecule has 0 bridgehead atoms. The second-order valence-electron chi connectivity index (χ2n) is 7.79. The smallest absolute Gasteiger partial charge is 0.406 e. The number of nitrogens with one attached hydrogen (secondary N) is 2. The number of aromatic nitrogens is 4. The van der Waals surface area contributed by atoms with Crippen molar-refractivity contribution in [2.45, 2.75) is 23.7 Å². The van der Waals surface area contributed by atoms with E-state index in [-0.39, 0.29) is 17.4 Å². The van der Waals surface area contributed by atoms with Gasteiger partial charge in [0.1, 0.15) is 11.6 Å². The number of nitrogens with zero attached hydrogens (tertiary/aromatic N) is 4. The fourth-order valence-corrected chi connectivity index (χ4v) is 5.52. The number of H-pyrrole nitrogens is 1. The summed E-state index contributed by atoms with van der Waals surface area (Å²) in [4.78, 5) is 8.12. The lowest BCUT2D eigenvalue weighted by Crippen LogP contribution is -2.45. The minimum atomic E-state index is -4.88. The van der Waals surface area contributed by atoms with E-state index in [1.54, 1.807) is 18.2 Å². The molecular weight excluding hydrogens is 487 g/mol. The third-order valence-electron chi connectivity index (χ3n) is 5.43. The molecule has 2 aromatic carbocycles. The molecule has 14 heteroatoms.